The number of nitrogens with one attached hydrogen (secondary N) is 1. The summed E-state index contributed by atoms with van der Waals surface area (Å²) < 4.78 is 10.4. The summed E-state index contributed by atoms with van der Waals surface area (Å²) in [4.78, 5) is 25.7. The van der Waals surface area contributed by atoms with E-state index < -0.39 is 0 Å². The maximum absolute atomic E-state index is 12.3. The quantitative estimate of drug-likeness (QED) is 0.724. The van der Waals surface area contributed by atoms with E-state index in [2.05, 4.69) is 31.2 Å². The van der Waals surface area contributed by atoms with E-state index in [0.29, 0.717) is 24.8 Å². The minimum absolute atomic E-state index is 0.212. The zero-order chi connectivity index (χ0) is 19.9. The minimum Gasteiger partial charge on any atom is -0.495 e. The fraction of sp³-hybridized carbons (Fsp3) is 0.450. The Bertz CT molecular complexity index is 806. The van der Waals surface area contributed by atoms with Crippen molar-refractivity contribution < 1.29 is 14.3 Å². The molecule has 0 spiro atoms. The molecule has 1 aliphatic heterocycles. The third-order valence-electron chi connectivity index (χ3n) is 4.66. The fourth-order valence-electron chi connectivity index (χ4n) is 3.21. The number of aryl methyl sites for hydroxylation is 1. The second-order valence-corrected chi connectivity index (χ2v) is 6.59. The molecule has 8 nitrogen and oxygen atoms in total. The first-order valence-electron chi connectivity index (χ1n) is 9.38. The van der Waals surface area contributed by atoms with E-state index in [1.54, 1.807) is 20.3 Å². The van der Waals surface area contributed by atoms with Gasteiger partial charge in [0.25, 0.3) is 5.91 Å². The van der Waals surface area contributed by atoms with Crippen molar-refractivity contribution in [3.63, 3.8) is 0 Å². The summed E-state index contributed by atoms with van der Waals surface area (Å²) in [7, 11) is 3.29. The maximum Gasteiger partial charge on any atom is 0.270 e. The van der Waals surface area contributed by atoms with Crippen LogP contribution in [0.1, 0.15) is 16.2 Å². The van der Waals surface area contributed by atoms with Crippen LogP contribution in [0.5, 0.6) is 5.75 Å². The number of methoxy groups -OCH3 is 2. The molecule has 1 fully saturated rings. The Balaban J connectivity index is 1.68. The van der Waals surface area contributed by atoms with Crippen molar-refractivity contribution >= 4 is 17.5 Å². The Morgan fingerprint density at radius 3 is 2.54 bits per heavy atom. The van der Waals surface area contributed by atoms with Crippen LogP contribution >= 0.6 is 0 Å². The molecule has 2 heterocycles. The van der Waals surface area contributed by atoms with Gasteiger partial charge in [0.2, 0.25) is 5.95 Å². The van der Waals surface area contributed by atoms with Crippen LogP contribution < -0.4 is 19.9 Å². The Morgan fingerprint density at radius 1 is 1.11 bits per heavy atom. The molecule has 1 aromatic heterocycles. The van der Waals surface area contributed by atoms with Crippen molar-refractivity contribution in [3.8, 4) is 5.75 Å². The summed E-state index contributed by atoms with van der Waals surface area (Å²) in [5, 5.41) is 2.80. The molecule has 8 heteroatoms. The predicted octanol–water partition coefficient (Wildman–Crippen LogP) is 1.50. The number of hydrogen-bond donors (Lipinski definition) is 1. The highest BCUT2D eigenvalue weighted by molar-refractivity contribution is 5.92. The van der Waals surface area contributed by atoms with Crippen molar-refractivity contribution in [1.29, 1.82) is 0 Å². The second-order valence-electron chi connectivity index (χ2n) is 6.59. The summed E-state index contributed by atoms with van der Waals surface area (Å²) in [6, 6.07) is 9.73. The number of carbonyl (C=O) groups excluding carboxylic acids is 1. The third-order valence-corrected chi connectivity index (χ3v) is 4.66. The largest absolute Gasteiger partial charge is 0.495 e. The van der Waals surface area contributed by atoms with Crippen molar-refractivity contribution in [1.82, 2.24) is 15.3 Å². The molecule has 3 rings (SSSR count). The summed E-state index contributed by atoms with van der Waals surface area (Å²) in [5.41, 5.74) is 2.24. The summed E-state index contributed by atoms with van der Waals surface area (Å²) in [5.74, 6) is 1.26. The molecule has 0 bridgehead atoms. The normalized spacial score (nSPS) is 14.1. The molecule has 150 valence electrons. The standard InChI is InChI=1S/C20H27N5O3/c1-15-14-16(19(26)21-8-13-27-2)23-20(22-15)25-11-9-24(10-12-25)17-6-4-5-7-18(17)28-3/h4-7,14H,8-13H2,1-3H3,(H,21,26). The molecule has 28 heavy (non-hydrogen) atoms. The maximum atomic E-state index is 12.3. The van der Waals surface area contributed by atoms with Gasteiger partial charge in [0.05, 0.1) is 19.4 Å². The van der Waals surface area contributed by atoms with Gasteiger partial charge in [-0.1, -0.05) is 12.1 Å². The van der Waals surface area contributed by atoms with Gasteiger partial charge in [-0.05, 0) is 25.1 Å². The number of rotatable bonds is 7. The van der Waals surface area contributed by atoms with Crippen molar-refractivity contribution in [3.05, 3.63) is 41.7 Å². The topological polar surface area (TPSA) is 79.8 Å². The average Bonchev–Trinajstić information content (AvgIpc) is 2.73. The number of anilines is 2. The van der Waals surface area contributed by atoms with Gasteiger partial charge in [0.1, 0.15) is 11.4 Å². The average molecular weight is 385 g/mol. The van der Waals surface area contributed by atoms with E-state index in [1.807, 2.05) is 25.1 Å². The van der Waals surface area contributed by atoms with Crippen LogP contribution in [0.4, 0.5) is 11.6 Å². The number of ether oxygens (including phenoxy) is 2. The van der Waals surface area contributed by atoms with Crippen molar-refractivity contribution in [2.45, 2.75) is 6.92 Å². The fourth-order valence-corrected chi connectivity index (χ4v) is 3.21. The lowest BCUT2D eigenvalue weighted by molar-refractivity contribution is 0.0932. The van der Waals surface area contributed by atoms with E-state index in [-0.39, 0.29) is 5.91 Å². The number of hydrogen-bond acceptors (Lipinski definition) is 7. The number of nitrogens with zero attached hydrogens (tertiary/aromatic N) is 4. The van der Waals surface area contributed by atoms with Gasteiger partial charge in [-0.25, -0.2) is 9.97 Å². The molecule has 0 aliphatic carbocycles. The summed E-state index contributed by atoms with van der Waals surface area (Å²) in [6.07, 6.45) is 0. The summed E-state index contributed by atoms with van der Waals surface area (Å²) >= 11 is 0. The SMILES string of the molecule is COCCNC(=O)c1cc(C)nc(N2CCN(c3ccccc3OC)CC2)n1. The smallest absolute Gasteiger partial charge is 0.270 e. The molecule has 0 radical (unpaired) electrons. The minimum atomic E-state index is -0.212. The first-order valence-corrected chi connectivity index (χ1v) is 9.38. The molecule has 0 atom stereocenters. The van der Waals surface area contributed by atoms with Gasteiger partial charge in [-0.15, -0.1) is 0 Å². The lowest BCUT2D eigenvalue weighted by atomic mass is 10.2. The highest BCUT2D eigenvalue weighted by atomic mass is 16.5. The van der Waals surface area contributed by atoms with Crippen LogP contribution in [0.15, 0.2) is 30.3 Å². The Morgan fingerprint density at radius 2 is 1.82 bits per heavy atom. The number of carbonyl (C=O) groups is 1. The van der Waals surface area contributed by atoms with E-state index >= 15 is 0 Å². The third kappa shape index (κ3) is 4.69. The lowest BCUT2D eigenvalue weighted by Gasteiger charge is -2.36. The Kier molecular flexibility index (Phi) is 6.65. The molecular weight excluding hydrogens is 358 g/mol. The Labute approximate surface area is 165 Å². The highest BCUT2D eigenvalue weighted by Gasteiger charge is 2.22. The van der Waals surface area contributed by atoms with Gasteiger partial charge in [-0.3, -0.25) is 4.79 Å². The number of amides is 1. The first-order chi connectivity index (χ1) is 13.6. The van der Waals surface area contributed by atoms with E-state index in [1.165, 1.54) is 0 Å². The molecule has 1 amide bonds. The monoisotopic (exact) mass is 385 g/mol. The molecule has 2 aromatic rings. The van der Waals surface area contributed by atoms with E-state index in [4.69, 9.17) is 9.47 Å². The van der Waals surface area contributed by atoms with Gasteiger partial charge < -0.3 is 24.6 Å². The molecule has 1 aliphatic rings. The summed E-state index contributed by atoms with van der Waals surface area (Å²) in [6.45, 7) is 5.99. The van der Waals surface area contributed by atoms with Gasteiger partial charge in [0.15, 0.2) is 0 Å². The molecule has 0 saturated carbocycles. The predicted molar refractivity (Wildman–Crippen MR) is 108 cm³/mol. The highest BCUT2D eigenvalue weighted by Crippen LogP contribution is 2.28. The van der Waals surface area contributed by atoms with Crippen LogP contribution in [-0.2, 0) is 4.74 Å². The van der Waals surface area contributed by atoms with Crippen LogP contribution in [-0.4, -0.2) is 69.4 Å². The van der Waals surface area contributed by atoms with Crippen molar-refractivity contribution in [2.75, 3.05) is 63.4 Å². The first kappa shape index (κ1) is 19.9. The zero-order valence-electron chi connectivity index (χ0n) is 16.6. The van der Waals surface area contributed by atoms with Crippen LogP contribution in [0, 0.1) is 6.92 Å². The molecule has 1 saturated heterocycles. The lowest BCUT2D eigenvalue weighted by Crippen LogP contribution is -2.47. The number of benzene rings is 1. The van der Waals surface area contributed by atoms with E-state index in [9.17, 15) is 4.79 Å². The second kappa shape index (κ2) is 9.36. The van der Waals surface area contributed by atoms with E-state index in [0.717, 1.165) is 43.3 Å². The van der Waals surface area contributed by atoms with Gasteiger partial charge in [0, 0.05) is 45.5 Å². The Hall–Kier alpha value is -2.87. The van der Waals surface area contributed by atoms with Gasteiger partial charge in [-0.2, -0.15) is 0 Å². The number of aromatic nitrogens is 2. The molecule has 1 N–H and O–H groups in total. The molecule has 0 unspecified atom stereocenters. The van der Waals surface area contributed by atoms with Crippen LogP contribution in [0.3, 0.4) is 0 Å². The zero-order valence-corrected chi connectivity index (χ0v) is 16.6. The van der Waals surface area contributed by atoms with Crippen LogP contribution in [0.2, 0.25) is 0 Å². The van der Waals surface area contributed by atoms with Gasteiger partial charge >= 0.3 is 0 Å². The van der Waals surface area contributed by atoms with Crippen molar-refractivity contribution in [2.24, 2.45) is 0 Å². The number of piperazine rings is 1. The molecule has 1 aromatic carbocycles. The molecular formula is C20H27N5O3. The number of para-hydroxylation sites is 2. The van der Waals surface area contributed by atoms with Crippen LogP contribution in [0.25, 0.3) is 0 Å².